The molecule has 2 rings (SSSR count). The van der Waals surface area contributed by atoms with E-state index in [-0.39, 0.29) is 11.7 Å². The molecule has 114 valence electrons. The largest absolute Gasteiger partial charge is 0.297 e. The molecule has 1 atom stereocenters. The SMILES string of the molecule is C=C/C(F)=C(\C=C)C(C(=O)C1CC1)N1CCC(C)=C(C)C1. The minimum absolute atomic E-state index is 0.0925. The molecule has 1 saturated carbocycles. The monoisotopic (exact) mass is 289 g/mol. The van der Waals surface area contributed by atoms with Crippen LogP contribution in [-0.4, -0.2) is 29.8 Å². The summed E-state index contributed by atoms with van der Waals surface area (Å²) in [5.41, 5.74) is 3.02. The summed E-state index contributed by atoms with van der Waals surface area (Å²) in [6.07, 6.45) is 5.43. The van der Waals surface area contributed by atoms with Crippen molar-refractivity contribution in [3.63, 3.8) is 0 Å². The molecule has 1 unspecified atom stereocenters. The van der Waals surface area contributed by atoms with E-state index in [2.05, 4.69) is 31.9 Å². The number of allylic oxidation sites excluding steroid dienone is 2. The van der Waals surface area contributed by atoms with Crippen molar-refractivity contribution >= 4 is 5.78 Å². The molecular formula is C18H24FNO. The highest BCUT2D eigenvalue weighted by Gasteiger charge is 2.40. The highest BCUT2D eigenvalue weighted by atomic mass is 19.1. The number of rotatable bonds is 6. The lowest BCUT2D eigenvalue weighted by Crippen LogP contribution is -2.46. The van der Waals surface area contributed by atoms with Crippen molar-refractivity contribution in [2.45, 2.75) is 39.2 Å². The van der Waals surface area contributed by atoms with Gasteiger partial charge < -0.3 is 0 Å². The molecule has 0 saturated heterocycles. The van der Waals surface area contributed by atoms with Crippen LogP contribution in [0.1, 0.15) is 33.1 Å². The van der Waals surface area contributed by atoms with Crippen LogP contribution in [0.15, 0.2) is 47.9 Å². The van der Waals surface area contributed by atoms with Crippen molar-refractivity contribution in [2.75, 3.05) is 13.1 Å². The summed E-state index contributed by atoms with van der Waals surface area (Å²) in [7, 11) is 0. The first-order valence-corrected chi connectivity index (χ1v) is 7.57. The zero-order valence-corrected chi connectivity index (χ0v) is 13.0. The second-order valence-corrected chi connectivity index (χ2v) is 6.07. The summed E-state index contributed by atoms with van der Waals surface area (Å²) in [5.74, 6) is -0.211. The van der Waals surface area contributed by atoms with E-state index in [1.54, 1.807) is 0 Å². The van der Waals surface area contributed by atoms with Gasteiger partial charge in [0.25, 0.3) is 0 Å². The predicted octanol–water partition coefficient (Wildman–Crippen LogP) is 3.97. The van der Waals surface area contributed by atoms with Gasteiger partial charge in [-0.05, 0) is 39.2 Å². The minimum Gasteiger partial charge on any atom is -0.297 e. The Morgan fingerprint density at radius 1 is 1.29 bits per heavy atom. The van der Waals surface area contributed by atoms with Crippen LogP contribution in [0.4, 0.5) is 4.39 Å². The molecule has 1 aliphatic carbocycles. The summed E-state index contributed by atoms with van der Waals surface area (Å²) in [4.78, 5) is 14.8. The topological polar surface area (TPSA) is 20.3 Å². The van der Waals surface area contributed by atoms with Crippen molar-refractivity contribution in [2.24, 2.45) is 5.92 Å². The van der Waals surface area contributed by atoms with E-state index >= 15 is 0 Å². The molecule has 2 nitrogen and oxygen atoms in total. The third kappa shape index (κ3) is 3.41. The summed E-state index contributed by atoms with van der Waals surface area (Å²) in [6.45, 7) is 12.9. The van der Waals surface area contributed by atoms with Gasteiger partial charge in [0, 0.05) is 24.6 Å². The third-order valence-electron chi connectivity index (χ3n) is 4.53. The number of ketones is 1. The molecule has 0 spiro atoms. The van der Waals surface area contributed by atoms with Crippen LogP contribution in [0.25, 0.3) is 0 Å². The zero-order valence-electron chi connectivity index (χ0n) is 13.0. The number of nitrogens with zero attached hydrogens (tertiary/aromatic N) is 1. The van der Waals surface area contributed by atoms with Crippen molar-refractivity contribution in [3.8, 4) is 0 Å². The fourth-order valence-corrected chi connectivity index (χ4v) is 2.84. The second-order valence-electron chi connectivity index (χ2n) is 6.07. The van der Waals surface area contributed by atoms with Gasteiger partial charge in [0.05, 0.1) is 6.04 Å². The van der Waals surface area contributed by atoms with E-state index in [0.717, 1.165) is 32.4 Å². The maximum absolute atomic E-state index is 14.1. The third-order valence-corrected chi connectivity index (χ3v) is 4.53. The quantitative estimate of drug-likeness (QED) is 0.544. The number of carbonyl (C=O) groups is 1. The molecule has 21 heavy (non-hydrogen) atoms. The van der Waals surface area contributed by atoms with Crippen LogP contribution in [-0.2, 0) is 4.79 Å². The molecule has 0 bridgehead atoms. The standard InChI is InChI=1S/C18H24FNO/c1-5-15(16(19)6-2)17(18(21)14-7-8-14)20-10-9-12(3)13(4)11-20/h5-6,14,17H,1-2,7-11H2,3-4H3/b16-15-. The number of halogens is 1. The van der Waals surface area contributed by atoms with Gasteiger partial charge >= 0.3 is 0 Å². The normalized spacial score (nSPS) is 22.6. The highest BCUT2D eigenvalue weighted by molar-refractivity contribution is 5.91. The van der Waals surface area contributed by atoms with Crippen LogP contribution in [0.3, 0.4) is 0 Å². The Bertz CT molecular complexity index is 525. The van der Waals surface area contributed by atoms with Crippen molar-refractivity contribution in [3.05, 3.63) is 47.9 Å². The number of hydrogen-bond acceptors (Lipinski definition) is 2. The van der Waals surface area contributed by atoms with Gasteiger partial charge in [0.1, 0.15) is 5.83 Å². The van der Waals surface area contributed by atoms with E-state index in [0.29, 0.717) is 5.57 Å². The van der Waals surface area contributed by atoms with E-state index in [4.69, 9.17) is 0 Å². The number of carbonyl (C=O) groups excluding carboxylic acids is 1. The second kappa shape index (κ2) is 6.52. The van der Waals surface area contributed by atoms with Gasteiger partial charge in [-0.25, -0.2) is 4.39 Å². The smallest absolute Gasteiger partial charge is 0.157 e. The van der Waals surface area contributed by atoms with Gasteiger partial charge in [-0.2, -0.15) is 0 Å². The van der Waals surface area contributed by atoms with E-state index in [1.807, 2.05) is 0 Å². The Morgan fingerprint density at radius 2 is 1.95 bits per heavy atom. The molecule has 0 amide bonds. The van der Waals surface area contributed by atoms with E-state index in [1.165, 1.54) is 23.3 Å². The molecule has 0 aromatic rings. The van der Waals surface area contributed by atoms with Crippen molar-refractivity contribution < 1.29 is 9.18 Å². The molecule has 1 fully saturated rings. The maximum Gasteiger partial charge on any atom is 0.157 e. The first-order chi connectivity index (χ1) is 9.99. The fourth-order valence-electron chi connectivity index (χ4n) is 2.84. The Kier molecular flexibility index (Phi) is 4.94. The maximum atomic E-state index is 14.1. The summed E-state index contributed by atoms with van der Waals surface area (Å²) >= 11 is 0. The lowest BCUT2D eigenvalue weighted by molar-refractivity contribution is -0.124. The van der Waals surface area contributed by atoms with E-state index < -0.39 is 11.9 Å². The van der Waals surface area contributed by atoms with Crippen LogP contribution < -0.4 is 0 Å². The molecule has 1 aliphatic heterocycles. The molecular weight excluding hydrogens is 265 g/mol. The molecule has 2 aliphatic rings. The van der Waals surface area contributed by atoms with Crippen molar-refractivity contribution in [1.82, 2.24) is 4.90 Å². The minimum atomic E-state index is -0.518. The molecule has 0 N–H and O–H groups in total. The summed E-state index contributed by atoms with van der Waals surface area (Å²) < 4.78 is 14.1. The van der Waals surface area contributed by atoms with Crippen LogP contribution >= 0.6 is 0 Å². The van der Waals surface area contributed by atoms with Crippen molar-refractivity contribution in [1.29, 1.82) is 0 Å². The first-order valence-electron chi connectivity index (χ1n) is 7.57. The zero-order chi connectivity index (χ0) is 15.6. The Balaban J connectivity index is 2.35. The van der Waals surface area contributed by atoms with Gasteiger partial charge in [0.15, 0.2) is 5.78 Å². The van der Waals surface area contributed by atoms with Crippen LogP contribution in [0.5, 0.6) is 0 Å². The first kappa shape index (κ1) is 15.9. The summed E-state index contributed by atoms with van der Waals surface area (Å²) in [5, 5.41) is 0. The van der Waals surface area contributed by atoms with Crippen LogP contribution in [0.2, 0.25) is 0 Å². The van der Waals surface area contributed by atoms with Gasteiger partial charge in [0.2, 0.25) is 0 Å². The number of hydrogen-bond donors (Lipinski definition) is 0. The average molecular weight is 289 g/mol. The van der Waals surface area contributed by atoms with E-state index in [9.17, 15) is 9.18 Å². The highest BCUT2D eigenvalue weighted by Crippen LogP contribution is 2.35. The Morgan fingerprint density at radius 3 is 2.43 bits per heavy atom. The molecule has 0 aromatic carbocycles. The molecule has 0 radical (unpaired) electrons. The predicted molar refractivity (Wildman–Crippen MR) is 84.6 cm³/mol. The molecule has 3 heteroatoms. The summed E-state index contributed by atoms with van der Waals surface area (Å²) in [6, 6.07) is -0.518. The van der Waals surface area contributed by atoms with Gasteiger partial charge in [-0.15, -0.1) is 0 Å². The van der Waals surface area contributed by atoms with Crippen LogP contribution in [0, 0.1) is 5.92 Å². The average Bonchev–Trinajstić information content (AvgIpc) is 3.31. The molecule has 1 heterocycles. The molecule has 0 aromatic heterocycles. The Hall–Kier alpha value is -1.48. The van der Waals surface area contributed by atoms with Gasteiger partial charge in [-0.3, -0.25) is 9.69 Å². The Labute approximate surface area is 126 Å². The fraction of sp³-hybridized carbons (Fsp3) is 0.500. The lowest BCUT2D eigenvalue weighted by atomic mass is 9.93. The number of Topliss-reactive ketones (excluding diaryl/α,β-unsaturated/α-hetero) is 1. The van der Waals surface area contributed by atoms with Gasteiger partial charge in [-0.1, -0.05) is 30.4 Å². The lowest BCUT2D eigenvalue weighted by Gasteiger charge is -2.35.